The number of halogens is 3. The van der Waals surface area contributed by atoms with Crippen LogP contribution in [0.3, 0.4) is 0 Å². The summed E-state index contributed by atoms with van der Waals surface area (Å²) in [5, 5.41) is 0. The van der Waals surface area contributed by atoms with E-state index in [1.807, 2.05) is 20.8 Å². The molecular weight excluding hydrogens is 479 g/mol. The Morgan fingerprint density at radius 3 is 2.44 bits per heavy atom. The minimum absolute atomic E-state index is 0.0661. The van der Waals surface area contributed by atoms with Gasteiger partial charge in [-0.25, -0.2) is 4.79 Å². The number of esters is 1. The van der Waals surface area contributed by atoms with Gasteiger partial charge in [-0.1, -0.05) is 13.8 Å². The summed E-state index contributed by atoms with van der Waals surface area (Å²) < 4.78 is 72.5. The van der Waals surface area contributed by atoms with E-state index in [9.17, 15) is 36.0 Å². The number of hydrogen-bond acceptors (Lipinski definition) is 7. The number of carbonyl (C=O) groups is 2. The topological polar surface area (TPSA) is 109 Å². The van der Waals surface area contributed by atoms with E-state index >= 15 is 0 Å². The Labute approximate surface area is 193 Å². The van der Waals surface area contributed by atoms with Gasteiger partial charge in [-0.3, -0.25) is 9.59 Å². The van der Waals surface area contributed by atoms with Gasteiger partial charge >= 0.3 is 21.6 Å². The largest absolute Gasteiger partial charge is 0.534 e. The highest BCUT2D eigenvalue weighted by molar-refractivity contribution is 7.88. The molecular formula is C22H22F3NO7S. The molecule has 34 heavy (non-hydrogen) atoms. The number of ether oxygens (including phenoxy) is 1. The van der Waals surface area contributed by atoms with Gasteiger partial charge in [0.2, 0.25) is 0 Å². The number of fused-ring (bicyclic) bond motifs is 3. The van der Waals surface area contributed by atoms with Crippen molar-refractivity contribution in [2.24, 2.45) is 5.92 Å². The minimum atomic E-state index is -6.01. The van der Waals surface area contributed by atoms with Crippen molar-refractivity contribution in [2.45, 2.75) is 45.2 Å². The Kier molecular flexibility index (Phi) is 6.42. The van der Waals surface area contributed by atoms with Crippen LogP contribution in [-0.4, -0.2) is 37.4 Å². The molecule has 1 unspecified atom stereocenters. The van der Waals surface area contributed by atoms with Gasteiger partial charge in [0.1, 0.15) is 5.56 Å². The molecule has 3 rings (SSSR count). The quantitative estimate of drug-likeness (QED) is 0.257. The van der Waals surface area contributed by atoms with Gasteiger partial charge in [0.05, 0.1) is 17.9 Å². The van der Waals surface area contributed by atoms with Gasteiger partial charge < -0.3 is 13.5 Å². The molecule has 0 amide bonds. The van der Waals surface area contributed by atoms with Crippen molar-refractivity contribution < 1.29 is 40.1 Å². The van der Waals surface area contributed by atoms with Crippen molar-refractivity contribution in [1.82, 2.24) is 4.57 Å². The molecule has 1 aromatic heterocycles. The molecule has 0 saturated heterocycles. The van der Waals surface area contributed by atoms with E-state index in [0.29, 0.717) is 16.8 Å². The average Bonchev–Trinajstić information content (AvgIpc) is 2.72. The van der Waals surface area contributed by atoms with Crippen LogP contribution in [0.25, 0.3) is 11.3 Å². The maximum absolute atomic E-state index is 12.8. The van der Waals surface area contributed by atoms with Gasteiger partial charge in [-0.05, 0) is 43.9 Å². The number of aldehydes is 1. The van der Waals surface area contributed by atoms with Crippen LogP contribution in [0.5, 0.6) is 5.75 Å². The normalized spacial score (nSPS) is 17.6. The Morgan fingerprint density at radius 2 is 1.91 bits per heavy atom. The summed E-state index contributed by atoms with van der Waals surface area (Å²) in [5.74, 6) is -1.67. The summed E-state index contributed by atoms with van der Waals surface area (Å²) in [4.78, 5) is 36.6. The maximum atomic E-state index is 12.8. The first kappa shape index (κ1) is 25.5. The molecule has 2 aromatic rings. The number of rotatable bonds is 6. The van der Waals surface area contributed by atoms with E-state index < -0.39 is 43.9 Å². The highest BCUT2D eigenvalue weighted by atomic mass is 32.2. The fourth-order valence-electron chi connectivity index (χ4n) is 3.83. The standard InChI is InChI=1S/C22H22F3NO7S/c1-5-32-20(29)16-10-26-17(8-18(16)28)15-6-14(11-27)19(33-34(30,31)22(23,24)25)7-13(15)9-21(26,4)12(2)3/h6-8,10-12H,5,9H2,1-4H3. The number of nitrogens with zero attached hydrogens (tertiary/aromatic N) is 1. The Balaban J connectivity index is 2.29. The molecule has 12 heteroatoms. The summed E-state index contributed by atoms with van der Waals surface area (Å²) in [6.07, 6.45) is 1.71. The van der Waals surface area contributed by atoms with Gasteiger partial charge in [0.15, 0.2) is 17.5 Å². The number of alkyl halides is 3. The van der Waals surface area contributed by atoms with E-state index in [1.165, 1.54) is 18.3 Å². The molecule has 0 radical (unpaired) electrons. The number of benzene rings is 1. The van der Waals surface area contributed by atoms with Crippen molar-refractivity contribution >= 4 is 22.4 Å². The highest BCUT2D eigenvalue weighted by Gasteiger charge is 2.49. The minimum Gasteiger partial charge on any atom is -0.462 e. The first-order valence-corrected chi connectivity index (χ1v) is 11.6. The van der Waals surface area contributed by atoms with E-state index in [2.05, 4.69) is 4.18 Å². The van der Waals surface area contributed by atoms with Crippen LogP contribution in [0.1, 0.15) is 54.0 Å². The summed E-state index contributed by atoms with van der Waals surface area (Å²) >= 11 is 0. The Bertz CT molecular complexity index is 1330. The predicted molar refractivity (Wildman–Crippen MR) is 115 cm³/mol. The third-order valence-electron chi connectivity index (χ3n) is 6.01. The molecule has 184 valence electrons. The number of pyridine rings is 1. The summed E-state index contributed by atoms with van der Waals surface area (Å²) in [6, 6.07) is 3.42. The molecule has 2 heterocycles. The number of hydrogen-bond donors (Lipinski definition) is 0. The molecule has 0 fully saturated rings. The second kappa shape index (κ2) is 8.57. The first-order valence-electron chi connectivity index (χ1n) is 10.2. The van der Waals surface area contributed by atoms with Crippen LogP contribution in [0.2, 0.25) is 0 Å². The zero-order valence-corrected chi connectivity index (χ0v) is 19.5. The summed E-state index contributed by atoms with van der Waals surface area (Å²) in [5.41, 5.74) is -6.73. The van der Waals surface area contributed by atoms with Gasteiger partial charge in [0, 0.05) is 23.4 Å². The van der Waals surface area contributed by atoms with E-state index in [-0.39, 0.29) is 30.8 Å². The third kappa shape index (κ3) is 4.22. The summed E-state index contributed by atoms with van der Waals surface area (Å²) in [7, 11) is -6.01. The lowest BCUT2D eigenvalue weighted by atomic mass is 9.76. The fraction of sp³-hybridized carbons (Fsp3) is 0.409. The molecule has 1 aromatic carbocycles. The zero-order chi connectivity index (χ0) is 25.6. The van der Waals surface area contributed by atoms with Crippen molar-refractivity contribution in [2.75, 3.05) is 6.61 Å². The highest BCUT2D eigenvalue weighted by Crippen LogP contribution is 2.44. The molecule has 1 aliphatic rings. The second-order valence-corrected chi connectivity index (χ2v) is 9.90. The molecule has 0 spiro atoms. The monoisotopic (exact) mass is 501 g/mol. The first-order chi connectivity index (χ1) is 15.7. The van der Waals surface area contributed by atoms with Crippen LogP contribution in [0.4, 0.5) is 13.2 Å². The number of carbonyl (C=O) groups excluding carboxylic acids is 2. The third-order valence-corrected chi connectivity index (χ3v) is 6.98. The smallest absolute Gasteiger partial charge is 0.462 e. The molecule has 0 saturated carbocycles. The fourth-order valence-corrected chi connectivity index (χ4v) is 4.31. The van der Waals surface area contributed by atoms with Gasteiger partial charge in [-0.2, -0.15) is 21.6 Å². The second-order valence-electron chi connectivity index (χ2n) is 8.36. The van der Waals surface area contributed by atoms with Crippen molar-refractivity contribution in [1.29, 1.82) is 0 Å². The molecule has 8 nitrogen and oxygen atoms in total. The Morgan fingerprint density at radius 1 is 1.26 bits per heavy atom. The lowest BCUT2D eigenvalue weighted by Crippen LogP contribution is -2.42. The van der Waals surface area contributed by atoms with Crippen LogP contribution >= 0.6 is 0 Å². The van der Waals surface area contributed by atoms with E-state index in [1.54, 1.807) is 11.5 Å². The molecule has 0 aliphatic carbocycles. The SMILES string of the molecule is CCOC(=O)c1cn2c(cc1=O)-c1cc(C=O)c(OS(=O)(=O)C(F)(F)F)cc1CC2(C)C(C)C. The lowest BCUT2D eigenvalue weighted by Gasteiger charge is -2.43. The van der Waals surface area contributed by atoms with Crippen LogP contribution < -0.4 is 9.61 Å². The average molecular weight is 501 g/mol. The Hall–Kier alpha value is -3.15. The van der Waals surface area contributed by atoms with E-state index in [4.69, 9.17) is 4.74 Å². The molecule has 0 bridgehead atoms. The van der Waals surface area contributed by atoms with Gasteiger partial charge in [-0.15, -0.1) is 0 Å². The van der Waals surface area contributed by atoms with Crippen molar-refractivity contribution in [3.8, 4) is 17.0 Å². The van der Waals surface area contributed by atoms with Crippen molar-refractivity contribution in [3.05, 3.63) is 51.3 Å². The van der Waals surface area contributed by atoms with Crippen LogP contribution in [0, 0.1) is 5.92 Å². The van der Waals surface area contributed by atoms with Gasteiger partial charge in [0.25, 0.3) is 0 Å². The molecule has 1 aliphatic heterocycles. The van der Waals surface area contributed by atoms with Crippen LogP contribution in [-0.2, 0) is 26.8 Å². The van der Waals surface area contributed by atoms with Crippen molar-refractivity contribution in [3.63, 3.8) is 0 Å². The lowest BCUT2D eigenvalue weighted by molar-refractivity contribution is -0.0500. The summed E-state index contributed by atoms with van der Waals surface area (Å²) in [6.45, 7) is 7.24. The molecule has 0 N–H and O–H groups in total. The molecule has 1 atom stereocenters. The predicted octanol–water partition coefficient (Wildman–Crippen LogP) is 3.66. The zero-order valence-electron chi connectivity index (χ0n) is 18.7. The van der Waals surface area contributed by atoms with E-state index in [0.717, 1.165) is 6.07 Å². The maximum Gasteiger partial charge on any atom is 0.534 e. The number of aromatic nitrogens is 1. The van der Waals surface area contributed by atoms with Crippen LogP contribution in [0.15, 0.2) is 29.2 Å².